The number of non-ortho nitro benzene ring substituents is 1. The number of hydrogen-bond acceptors (Lipinski definition) is 5. The Labute approximate surface area is 129 Å². The van der Waals surface area contributed by atoms with E-state index in [1.165, 1.54) is 18.2 Å². The number of nitrogens with zero attached hydrogens (tertiary/aromatic N) is 4. The first-order valence-corrected chi connectivity index (χ1v) is 6.60. The third-order valence-corrected chi connectivity index (χ3v) is 3.15. The molecule has 0 aliphatic carbocycles. The van der Waals surface area contributed by atoms with E-state index in [2.05, 4.69) is 10.3 Å². The van der Waals surface area contributed by atoms with Gasteiger partial charge in [-0.2, -0.15) is 0 Å². The molecule has 0 aliphatic heterocycles. The van der Waals surface area contributed by atoms with Gasteiger partial charge >= 0.3 is 0 Å². The Morgan fingerprint density at radius 3 is 2.77 bits per heavy atom. The molecule has 7 nitrogen and oxygen atoms in total. The van der Waals surface area contributed by atoms with Crippen molar-refractivity contribution in [2.24, 2.45) is 0 Å². The normalized spacial score (nSPS) is 10.4. The van der Waals surface area contributed by atoms with Gasteiger partial charge in [-0.05, 0) is 18.2 Å². The summed E-state index contributed by atoms with van der Waals surface area (Å²) in [6.07, 6.45) is 3.28. The molecule has 3 aromatic rings. The van der Waals surface area contributed by atoms with Crippen LogP contribution < -0.4 is 4.74 Å². The molecule has 3 rings (SSSR count). The van der Waals surface area contributed by atoms with E-state index in [0.29, 0.717) is 11.5 Å². The molecular weight excluding hydrogens is 308 g/mol. The lowest BCUT2D eigenvalue weighted by Crippen LogP contribution is -1.95. The second-order valence-corrected chi connectivity index (χ2v) is 4.73. The molecule has 0 amide bonds. The quantitative estimate of drug-likeness (QED) is 0.542. The van der Waals surface area contributed by atoms with E-state index in [1.54, 1.807) is 35.3 Å². The van der Waals surface area contributed by atoms with Crippen LogP contribution in [0, 0.1) is 10.1 Å². The molecule has 0 fully saturated rings. The topological polar surface area (TPSA) is 83.1 Å². The molecule has 0 bridgehead atoms. The number of rotatable bonds is 4. The summed E-state index contributed by atoms with van der Waals surface area (Å²) in [4.78, 5) is 10.2. The Hall–Kier alpha value is -2.93. The monoisotopic (exact) mass is 316 g/mol. The van der Waals surface area contributed by atoms with Crippen LogP contribution in [0.25, 0.3) is 5.69 Å². The highest BCUT2D eigenvalue weighted by molar-refractivity contribution is 6.32. The van der Waals surface area contributed by atoms with Crippen LogP contribution >= 0.6 is 11.6 Å². The van der Waals surface area contributed by atoms with E-state index in [9.17, 15) is 10.1 Å². The molecule has 0 spiro atoms. The van der Waals surface area contributed by atoms with Crippen molar-refractivity contribution in [3.8, 4) is 17.2 Å². The fourth-order valence-electron chi connectivity index (χ4n) is 1.85. The molecule has 0 radical (unpaired) electrons. The Bertz CT molecular complexity index is 821. The average molecular weight is 317 g/mol. The van der Waals surface area contributed by atoms with Gasteiger partial charge in [0.25, 0.3) is 5.69 Å². The van der Waals surface area contributed by atoms with Crippen LogP contribution in [-0.4, -0.2) is 19.9 Å². The molecule has 0 aliphatic rings. The third kappa shape index (κ3) is 2.89. The van der Waals surface area contributed by atoms with Gasteiger partial charge in [-0.15, -0.1) is 5.10 Å². The van der Waals surface area contributed by atoms with E-state index >= 15 is 0 Å². The molecule has 1 heterocycles. The second-order valence-electron chi connectivity index (χ2n) is 4.32. The second kappa shape index (κ2) is 5.82. The SMILES string of the molecule is O=[N+]([O-])c1ccc(Oc2cccc(-n3ccnn3)c2)c(Cl)c1. The average Bonchev–Trinajstić information content (AvgIpc) is 3.04. The maximum absolute atomic E-state index is 10.7. The van der Waals surface area contributed by atoms with E-state index in [1.807, 2.05) is 6.07 Å². The van der Waals surface area contributed by atoms with Crippen LogP contribution in [0.1, 0.15) is 0 Å². The number of benzene rings is 2. The Morgan fingerprint density at radius 2 is 2.09 bits per heavy atom. The molecule has 0 unspecified atom stereocenters. The molecule has 8 heteroatoms. The maximum Gasteiger partial charge on any atom is 0.271 e. The first kappa shape index (κ1) is 14.0. The zero-order chi connectivity index (χ0) is 15.5. The van der Waals surface area contributed by atoms with Gasteiger partial charge in [0, 0.05) is 18.2 Å². The minimum absolute atomic E-state index is 0.0892. The van der Waals surface area contributed by atoms with Gasteiger partial charge in [-0.25, -0.2) is 4.68 Å². The highest BCUT2D eigenvalue weighted by atomic mass is 35.5. The summed E-state index contributed by atoms with van der Waals surface area (Å²) in [7, 11) is 0. The van der Waals surface area contributed by atoms with Crippen molar-refractivity contribution in [3.05, 3.63) is 70.0 Å². The van der Waals surface area contributed by atoms with Gasteiger partial charge in [0.15, 0.2) is 0 Å². The van der Waals surface area contributed by atoms with Crippen LogP contribution in [0.5, 0.6) is 11.5 Å². The zero-order valence-corrected chi connectivity index (χ0v) is 11.8. The summed E-state index contributed by atoms with van der Waals surface area (Å²) < 4.78 is 7.25. The van der Waals surface area contributed by atoms with Crippen LogP contribution in [0.15, 0.2) is 54.9 Å². The largest absolute Gasteiger partial charge is 0.456 e. The third-order valence-electron chi connectivity index (χ3n) is 2.86. The fourth-order valence-corrected chi connectivity index (χ4v) is 2.06. The van der Waals surface area contributed by atoms with E-state index in [4.69, 9.17) is 16.3 Å². The number of hydrogen-bond donors (Lipinski definition) is 0. The number of aromatic nitrogens is 3. The van der Waals surface area contributed by atoms with Crippen molar-refractivity contribution in [1.82, 2.24) is 15.0 Å². The standard InChI is InChI=1S/C14H9ClN4O3/c15-13-9-11(19(20)21)4-5-14(13)22-12-3-1-2-10(8-12)18-7-6-16-17-18/h1-9H. The minimum Gasteiger partial charge on any atom is -0.456 e. The summed E-state index contributed by atoms with van der Waals surface area (Å²) in [5, 5.41) is 18.5. The van der Waals surface area contributed by atoms with Crippen molar-refractivity contribution in [2.45, 2.75) is 0 Å². The summed E-state index contributed by atoms with van der Waals surface area (Å²) in [5.41, 5.74) is 0.682. The summed E-state index contributed by atoms with van der Waals surface area (Å²) >= 11 is 6.01. The van der Waals surface area contributed by atoms with Crippen molar-refractivity contribution in [1.29, 1.82) is 0 Å². The van der Waals surface area contributed by atoms with Crippen molar-refractivity contribution in [2.75, 3.05) is 0 Å². The number of halogens is 1. The highest BCUT2D eigenvalue weighted by Gasteiger charge is 2.11. The molecular formula is C14H9ClN4O3. The van der Waals surface area contributed by atoms with Gasteiger partial charge in [0.1, 0.15) is 11.5 Å². The molecule has 110 valence electrons. The molecule has 0 atom stereocenters. The Kier molecular flexibility index (Phi) is 3.71. The van der Waals surface area contributed by atoms with E-state index in [0.717, 1.165) is 5.69 Å². The molecule has 22 heavy (non-hydrogen) atoms. The van der Waals surface area contributed by atoms with Crippen LogP contribution in [0.2, 0.25) is 5.02 Å². The highest BCUT2D eigenvalue weighted by Crippen LogP contribution is 2.32. The van der Waals surface area contributed by atoms with Gasteiger partial charge in [-0.1, -0.05) is 22.9 Å². The van der Waals surface area contributed by atoms with Crippen molar-refractivity contribution < 1.29 is 9.66 Å². The van der Waals surface area contributed by atoms with Crippen LogP contribution in [-0.2, 0) is 0 Å². The van der Waals surface area contributed by atoms with Gasteiger partial charge in [-0.3, -0.25) is 10.1 Å². The lowest BCUT2D eigenvalue weighted by molar-refractivity contribution is -0.384. The Balaban J connectivity index is 1.87. The summed E-state index contributed by atoms with van der Waals surface area (Å²) in [5.74, 6) is 0.867. The molecule has 0 N–H and O–H groups in total. The lowest BCUT2D eigenvalue weighted by atomic mass is 10.3. The number of nitro benzene ring substituents is 1. The maximum atomic E-state index is 10.7. The van der Waals surface area contributed by atoms with Crippen molar-refractivity contribution >= 4 is 17.3 Å². The zero-order valence-electron chi connectivity index (χ0n) is 11.1. The van der Waals surface area contributed by atoms with Crippen molar-refractivity contribution in [3.63, 3.8) is 0 Å². The predicted octanol–water partition coefficient (Wildman–Crippen LogP) is 3.62. The van der Waals surface area contributed by atoms with Gasteiger partial charge < -0.3 is 4.74 Å². The van der Waals surface area contributed by atoms with E-state index < -0.39 is 4.92 Å². The first-order chi connectivity index (χ1) is 10.6. The Morgan fingerprint density at radius 1 is 1.23 bits per heavy atom. The molecule has 1 aromatic heterocycles. The molecule has 0 saturated heterocycles. The smallest absolute Gasteiger partial charge is 0.271 e. The van der Waals surface area contributed by atoms with Gasteiger partial charge in [0.05, 0.1) is 28.0 Å². The lowest BCUT2D eigenvalue weighted by Gasteiger charge is -2.08. The molecule has 0 saturated carbocycles. The predicted molar refractivity (Wildman–Crippen MR) is 79.5 cm³/mol. The van der Waals surface area contributed by atoms with Crippen LogP contribution in [0.4, 0.5) is 5.69 Å². The summed E-state index contributed by atoms with van der Waals surface area (Å²) in [6, 6.07) is 11.2. The molecule has 2 aromatic carbocycles. The van der Waals surface area contributed by atoms with Gasteiger partial charge in [0.2, 0.25) is 0 Å². The van der Waals surface area contributed by atoms with Crippen LogP contribution in [0.3, 0.4) is 0 Å². The number of ether oxygens (including phenoxy) is 1. The fraction of sp³-hybridized carbons (Fsp3) is 0. The first-order valence-electron chi connectivity index (χ1n) is 6.22. The minimum atomic E-state index is -0.513. The number of nitro groups is 1. The summed E-state index contributed by atoms with van der Waals surface area (Å²) in [6.45, 7) is 0. The van der Waals surface area contributed by atoms with E-state index in [-0.39, 0.29) is 10.7 Å².